The van der Waals surface area contributed by atoms with E-state index < -0.39 is 31.6 Å². The molecule has 0 amide bonds. The molecule has 0 aliphatic heterocycles. The van der Waals surface area contributed by atoms with Crippen molar-refractivity contribution < 1.29 is 76.3 Å². The van der Waals surface area contributed by atoms with E-state index >= 15 is 0 Å². The van der Waals surface area contributed by atoms with Gasteiger partial charge in [0.1, 0.15) is 55.7 Å². The second-order valence-corrected chi connectivity index (χ2v) is 18.3. The number of rotatable bonds is 35. The molecule has 3 N–H and O–H groups in total. The lowest BCUT2D eigenvalue weighted by atomic mass is 9.97. The number of ether oxygens (including phenoxy) is 5. The Balaban J connectivity index is 1.65. The number of hydrogen-bond donors (Lipinski definition) is 3. The first-order valence-electron chi connectivity index (χ1n) is 21.4. The standard InChI is InChI=1S/C45H68O16Si/c1-44(2,52)42(50)35-18-22-37(23-19-35)54-31-33-57-40(48)16-10-7-13-28-60-62(5,59-27-12-6-9-15-39(47)56-30-26-46)61-29-14-8-11-17-41(49)58-34-32-55-38-24-20-36(21-25-38)43(51)45(3,4)53/h18-25,46,52-53H,6-17,26-34H2,1-5H3. The second kappa shape index (κ2) is 29.2. The summed E-state index contributed by atoms with van der Waals surface area (Å²) in [5.74, 6) is -0.781. The quantitative estimate of drug-likeness (QED) is 0.0238. The van der Waals surface area contributed by atoms with E-state index in [-0.39, 0.29) is 76.8 Å². The summed E-state index contributed by atoms with van der Waals surface area (Å²) in [7, 11) is -3.03. The monoisotopic (exact) mass is 892 g/mol. The summed E-state index contributed by atoms with van der Waals surface area (Å²) in [6.07, 6.45) is 6.82. The molecule has 17 heteroatoms. The molecule has 0 spiro atoms. The number of hydrogen-bond acceptors (Lipinski definition) is 16. The molecule has 0 radical (unpaired) electrons. The van der Waals surface area contributed by atoms with Gasteiger partial charge >= 0.3 is 26.7 Å². The van der Waals surface area contributed by atoms with Gasteiger partial charge in [-0.15, -0.1) is 0 Å². The number of Topliss-reactive ketones (excluding diaryl/α,β-unsaturated/α-hetero) is 2. The van der Waals surface area contributed by atoms with E-state index in [0.717, 1.165) is 19.3 Å². The molecular formula is C45H68O16Si. The topological polar surface area (TPSA) is 220 Å². The zero-order valence-electron chi connectivity index (χ0n) is 37.1. The predicted molar refractivity (Wildman–Crippen MR) is 230 cm³/mol. The summed E-state index contributed by atoms with van der Waals surface area (Å²) in [6, 6.07) is 12.8. The molecule has 62 heavy (non-hydrogen) atoms. The molecule has 0 saturated heterocycles. The van der Waals surface area contributed by atoms with Crippen molar-refractivity contribution in [1.29, 1.82) is 0 Å². The third kappa shape index (κ3) is 23.8. The van der Waals surface area contributed by atoms with Crippen molar-refractivity contribution in [3.05, 3.63) is 59.7 Å². The van der Waals surface area contributed by atoms with Crippen LogP contribution in [0.1, 0.15) is 125 Å². The van der Waals surface area contributed by atoms with Crippen LogP contribution < -0.4 is 9.47 Å². The first kappa shape index (κ1) is 53.9. The van der Waals surface area contributed by atoms with Crippen LogP contribution >= 0.6 is 0 Å². The van der Waals surface area contributed by atoms with Crippen LogP contribution in [0.25, 0.3) is 0 Å². The summed E-state index contributed by atoms with van der Waals surface area (Å²) >= 11 is 0. The number of unbranched alkanes of at least 4 members (excludes halogenated alkanes) is 6. The van der Waals surface area contributed by atoms with Crippen LogP contribution in [0.3, 0.4) is 0 Å². The van der Waals surface area contributed by atoms with Crippen molar-refractivity contribution in [2.24, 2.45) is 0 Å². The Bertz CT molecular complexity index is 1510. The van der Waals surface area contributed by atoms with Crippen LogP contribution in [0.4, 0.5) is 0 Å². The Morgan fingerprint density at radius 2 is 0.790 bits per heavy atom. The minimum Gasteiger partial charge on any atom is -0.490 e. The number of carbonyl (C=O) groups is 5. The van der Waals surface area contributed by atoms with E-state index in [1.807, 2.05) is 6.55 Å². The minimum atomic E-state index is -3.03. The first-order chi connectivity index (χ1) is 29.4. The number of carbonyl (C=O) groups excluding carboxylic acids is 5. The molecular weight excluding hydrogens is 825 g/mol. The Hall–Kier alpha value is -4.23. The van der Waals surface area contributed by atoms with Gasteiger partial charge in [-0.2, -0.15) is 0 Å². The van der Waals surface area contributed by atoms with Gasteiger partial charge in [-0.3, -0.25) is 24.0 Å². The highest BCUT2D eigenvalue weighted by molar-refractivity contribution is 6.59. The van der Waals surface area contributed by atoms with Crippen molar-refractivity contribution >= 4 is 38.3 Å². The van der Waals surface area contributed by atoms with Crippen molar-refractivity contribution in [2.45, 2.75) is 122 Å². The maximum absolute atomic E-state index is 12.2. The largest absolute Gasteiger partial charge is 0.497 e. The molecule has 0 atom stereocenters. The Labute approximate surface area is 366 Å². The van der Waals surface area contributed by atoms with E-state index in [2.05, 4.69) is 0 Å². The third-order valence-corrected chi connectivity index (χ3v) is 11.3. The summed E-state index contributed by atoms with van der Waals surface area (Å²) in [4.78, 5) is 60.5. The van der Waals surface area contributed by atoms with Crippen LogP contribution in [0.15, 0.2) is 48.5 Å². The Morgan fingerprint density at radius 1 is 0.468 bits per heavy atom. The second-order valence-electron chi connectivity index (χ2n) is 15.7. The Morgan fingerprint density at radius 3 is 1.10 bits per heavy atom. The van der Waals surface area contributed by atoms with Crippen molar-refractivity contribution in [1.82, 2.24) is 0 Å². The predicted octanol–water partition coefficient (Wildman–Crippen LogP) is 5.97. The lowest BCUT2D eigenvalue weighted by Crippen LogP contribution is -2.43. The fourth-order valence-electron chi connectivity index (χ4n) is 5.66. The number of benzene rings is 2. The van der Waals surface area contributed by atoms with E-state index in [1.165, 1.54) is 27.7 Å². The van der Waals surface area contributed by atoms with E-state index in [9.17, 15) is 34.2 Å². The number of aliphatic hydroxyl groups excluding tert-OH is 1. The van der Waals surface area contributed by atoms with E-state index in [0.29, 0.717) is 81.0 Å². The number of esters is 3. The van der Waals surface area contributed by atoms with Gasteiger partial charge in [-0.25, -0.2) is 0 Å². The van der Waals surface area contributed by atoms with Crippen LogP contribution in [0, 0.1) is 0 Å². The zero-order chi connectivity index (χ0) is 45.9. The summed E-state index contributed by atoms with van der Waals surface area (Å²) in [5, 5.41) is 28.6. The highest BCUT2D eigenvalue weighted by atomic mass is 28.4. The van der Waals surface area contributed by atoms with Crippen LogP contribution in [-0.2, 0) is 41.9 Å². The number of ketones is 2. The molecule has 2 aromatic carbocycles. The minimum absolute atomic E-state index is 0.0100. The van der Waals surface area contributed by atoms with Gasteiger partial charge in [0.25, 0.3) is 0 Å². The molecule has 0 fully saturated rings. The van der Waals surface area contributed by atoms with Crippen LogP contribution in [0.5, 0.6) is 11.5 Å². The Kier molecular flexibility index (Phi) is 25.4. The SMILES string of the molecule is CC(C)(O)C(=O)c1ccc(OCCOC(=O)CCCCCO[Si](C)(OCCCCCC(=O)OCCO)OCCCCCC(=O)OCCOc2ccc(C(=O)C(C)(C)O)cc2)cc1. The van der Waals surface area contributed by atoms with Crippen molar-refractivity contribution in [3.63, 3.8) is 0 Å². The molecule has 0 heterocycles. The van der Waals surface area contributed by atoms with Gasteiger partial charge in [0.05, 0.1) is 6.61 Å². The van der Waals surface area contributed by atoms with Crippen LogP contribution in [0.2, 0.25) is 6.55 Å². The maximum atomic E-state index is 12.2. The smallest absolute Gasteiger partial charge is 0.490 e. The van der Waals surface area contributed by atoms with Crippen molar-refractivity contribution in [2.75, 3.05) is 59.5 Å². The molecule has 0 saturated carbocycles. The van der Waals surface area contributed by atoms with Gasteiger partial charge in [-0.1, -0.05) is 19.3 Å². The number of aliphatic hydroxyl groups is 3. The molecule has 0 bridgehead atoms. The van der Waals surface area contributed by atoms with Gasteiger partial charge in [-0.05, 0) is 115 Å². The molecule has 0 unspecified atom stereocenters. The molecule has 0 aromatic heterocycles. The van der Waals surface area contributed by atoms with Gasteiger partial charge in [0.2, 0.25) is 0 Å². The van der Waals surface area contributed by atoms with Gasteiger partial charge in [0.15, 0.2) is 11.6 Å². The lowest BCUT2D eigenvalue weighted by Gasteiger charge is -2.26. The van der Waals surface area contributed by atoms with Gasteiger partial charge < -0.3 is 52.3 Å². The van der Waals surface area contributed by atoms with Gasteiger partial charge in [0, 0.05) is 56.8 Å². The fraction of sp³-hybridized carbons (Fsp3) is 0.622. The summed E-state index contributed by atoms with van der Waals surface area (Å²) in [5.41, 5.74) is -2.20. The lowest BCUT2D eigenvalue weighted by molar-refractivity contribution is -0.145. The highest BCUT2D eigenvalue weighted by Gasteiger charge is 2.34. The zero-order valence-corrected chi connectivity index (χ0v) is 38.1. The van der Waals surface area contributed by atoms with Crippen LogP contribution in [-0.4, -0.2) is 124 Å². The average Bonchev–Trinajstić information content (AvgIpc) is 3.23. The first-order valence-corrected chi connectivity index (χ1v) is 23.7. The van der Waals surface area contributed by atoms with Crippen molar-refractivity contribution in [3.8, 4) is 11.5 Å². The van der Waals surface area contributed by atoms with E-state index in [1.54, 1.807) is 48.5 Å². The van der Waals surface area contributed by atoms with E-state index in [4.69, 9.17) is 42.1 Å². The average molecular weight is 893 g/mol. The highest BCUT2D eigenvalue weighted by Crippen LogP contribution is 2.19. The third-order valence-electron chi connectivity index (χ3n) is 9.10. The molecule has 2 rings (SSSR count). The molecule has 0 aliphatic carbocycles. The fourth-order valence-corrected chi connectivity index (χ4v) is 7.46. The molecule has 16 nitrogen and oxygen atoms in total. The maximum Gasteiger partial charge on any atom is 0.497 e. The normalized spacial score (nSPS) is 11.8. The molecule has 2 aromatic rings. The summed E-state index contributed by atoms with van der Waals surface area (Å²) < 4.78 is 45.1. The summed E-state index contributed by atoms with van der Waals surface area (Å²) in [6.45, 7) is 8.94. The molecule has 348 valence electrons. The molecule has 0 aliphatic rings.